The topological polar surface area (TPSA) is 116 Å². The van der Waals surface area contributed by atoms with Crippen molar-refractivity contribution in [3.8, 4) is 11.5 Å². The predicted molar refractivity (Wildman–Crippen MR) is 71.6 cm³/mol. The maximum absolute atomic E-state index is 11.1. The fraction of sp³-hybridized carbons (Fsp3) is 0. The minimum Gasteiger partial charge on any atom is -0.455 e. The molecule has 100 valence electrons. The fourth-order valence-electron chi connectivity index (χ4n) is 1.53. The van der Waals surface area contributed by atoms with Gasteiger partial charge in [-0.05, 0) is 24.3 Å². The van der Waals surface area contributed by atoms with Gasteiger partial charge in [0.25, 0.3) is 10.1 Å². The molecule has 0 unspecified atom stereocenters. The molecule has 0 saturated carbocycles. The highest BCUT2D eigenvalue weighted by Gasteiger charge is 2.18. The SMILES string of the molecule is Nc1c(Oc2ccccc2)ccc(S(=O)(=O)O)c1N. The van der Waals surface area contributed by atoms with Crippen LogP contribution in [0, 0.1) is 0 Å². The summed E-state index contributed by atoms with van der Waals surface area (Å²) in [5.41, 5.74) is 11.0. The Hall–Kier alpha value is -2.25. The van der Waals surface area contributed by atoms with Crippen molar-refractivity contribution < 1.29 is 17.7 Å². The van der Waals surface area contributed by atoms with Crippen molar-refractivity contribution >= 4 is 21.5 Å². The number of benzene rings is 2. The first-order valence-corrected chi connectivity index (χ1v) is 6.72. The largest absolute Gasteiger partial charge is 0.455 e. The first-order chi connectivity index (χ1) is 8.89. The summed E-state index contributed by atoms with van der Waals surface area (Å²) < 4.78 is 36.6. The number of rotatable bonds is 3. The minimum absolute atomic E-state index is 0.0426. The molecule has 0 bridgehead atoms. The second-order valence-electron chi connectivity index (χ2n) is 3.78. The average Bonchev–Trinajstić information content (AvgIpc) is 2.35. The highest BCUT2D eigenvalue weighted by Crippen LogP contribution is 2.35. The molecule has 0 aliphatic rings. The van der Waals surface area contributed by atoms with E-state index in [0.717, 1.165) is 6.07 Å². The molecule has 0 atom stereocenters. The molecule has 0 radical (unpaired) electrons. The van der Waals surface area contributed by atoms with E-state index in [1.54, 1.807) is 24.3 Å². The normalized spacial score (nSPS) is 11.2. The van der Waals surface area contributed by atoms with Gasteiger partial charge in [0, 0.05) is 0 Å². The number of anilines is 2. The van der Waals surface area contributed by atoms with Crippen LogP contribution >= 0.6 is 0 Å². The van der Waals surface area contributed by atoms with Crippen LogP contribution in [-0.2, 0) is 10.1 Å². The molecule has 0 heterocycles. The third-order valence-electron chi connectivity index (χ3n) is 2.46. The Kier molecular flexibility index (Phi) is 3.32. The van der Waals surface area contributed by atoms with E-state index in [9.17, 15) is 8.42 Å². The molecular formula is C12H12N2O4S. The van der Waals surface area contributed by atoms with Gasteiger partial charge in [0.15, 0.2) is 5.75 Å². The molecule has 2 aromatic carbocycles. The summed E-state index contributed by atoms with van der Waals surface area (Å²) in [6.07, 6.45) is 0. The summed E-state index contributed by atoms with van der Waals surface area (Å²) in [4.78, 5) is -0.439. The predicted octanol–water partition coefficient (Wildman–Crippen LogP) is 1.89. The Balaban J connectivity index is 2.43. The van der Waals surface area contributed by atoms with Crippen molar-refractivity contribution in [3.05, 3.63) is 42.5 Å². The first-order valence-electron chi connectivity index (χ1n) is 5.28. The summed E-state index contributed by atoms with van der Waals surface area (Å²) in [7, 11) is -4.41. The van der Waals surface area contributed by atoms with Gasteiger partial charge >= 0.3 is 0 Å². The summed E-state index contributed by atoms with van der Waals surface area (Å²) in [6, 6.07) is 11.3. The van der Waals surface area contributed by atoms with Crippen molar-refractivity contribution in [2.24, 2.45) is 0 Å². The maximum Gasteiger partial charge on any atom is 0.296 e. The van der Waals surface area contributed by atoms with Crippen LogP contribution in [0.3, 0.4) is 0 Å². The van der Waals surface area contributed by atoms with Gasteiger partial charge in [-0.15, -0.1) is 0 Å². The average molecular weight is 280 g/mol. The van der Waals surface area contributed by atoms with Crippen LogP contribution in [0.5, 0.6) is 11.5 Å². The smallest absolute Gasteiger partial charge is 0.296 e. The number of ether oxygens (including phenoxy) is 1. The van der Waals surface area contributed by atoms with Gasteiger partial charge in [-0.2, -0.15) is 8.42 Å². The molecule has 0 spiro atoms. The molecule has 0 amide bonds. The van der Waals surface area contributed by atoms with Gasteiger partial charge < -0.3 is 16.2 Å². The quantitative estimate of drug-likeness (QED) is 0.584. The number of nitrogen functional groups attached to an aromatic ring is 2. The Labute approximate surface area is 110 Å². The van der Waals surface area contributed by atoms with Gasteiger partial charge in [0.2, 0.25) is 0 Å². The third kappa shape index (κ3) is 2.78. The van der Waals surface area contributed by atoms with Gasteiger partial charge in [-0.3, -0.25) is 4.55 Å². The van der Waals surface area contributed by atoms with Crippen LogP contribution in [0.4, 0.5) is 11.4 Å². The summed E-state index contributed by atoms with van der Waals surface area (Å²) in [5, 5.41) is 0. The van der Waals surface area contributed by atoms with E-state index in [4.69, 9.17) is 20.8 Å². The van der Waals surface area contributed by atoms with E-state index in [2.05, 4.69) is 0 Å². The van der Waals surface area contributed by atoms with Crippen molar-refractivity contribution in [3.63, 3.8) is 0 Å². The number of hydrogen-bond donors (Lipinski definition) is 3. The molecule has 6 nitrogen and oxygen atoms in total. The lowest BCUT2D eigenvalue weighted by molar-refractivity contribution is 0.480. The first kappa shape index (κ1) is 13.2. The highest BCUT2D eigenvalue weighted by atomic mass is 32.2. The van der Waals surface area contributed by atoms with Crippen LogP contribution in [0.2, 0.25) is 0 Å². The molecule has 0 saturated heterocycles. The standard InChI is InChI=1S/C12H12N2O4S/c13-11-9(18-8-4-2-1-3-5-8)6-7-10(12(11)14)19(15,16)17/h1-7H,13-14H2,(H,15,16,17). The zero-order valence-corrected chi connectivity index (χ0v) is 10.6. The van der Waals surface area contributed by atoms with Gasteiger partial charge in [0.05, 0.1) is 11.4 Å². The molecule has 19 heavy (non-hydrogen) atoms. The van der Waals surface area contributed by atoms with E-state index in [1.165, 1.54) is 6.07 Å². The van der Waals surface area contributed by atoms with Crippen molar-refractivity contribution in [2.45, 2.75) is 4.90 Å². The Morgan fingerprint density at radius 2 is 1.58 bits per heavy atom. The van der Waals surface area contributed by atoms with Crippen LogP contribution < -0.4 is 16.2 Å². The number of hydrogen-bond acceptors (Lipinski definition) is 5. The van der Waals surface area contributed by atoms with Crippen molar-refractivity contribution in [1.82, 2.24) is 0 Å². The van der Waals surface area contributed by atoms with Crippen LogP contribution in [0.15, 0.2) is 47.4 Å². The monoisotopic (exact) mass is 280 g/mol. The lowest BCUT2D eigenvalue weighted by atomic mass is 10.2. The molecule has 2 aromatic rings. The highest BCUT2D eigenvalue weighted by molar-refractivity contribution is 7.86. The molecule has 2 rings (SSSR count). The number of nitrogens with two attached hydrogens (primary N) is 2. The molecule has 7 heteroatoms. The fourth-order valence-corrected chi connectivity index (χ4v) is 2.15. The molecule has 0 aromatic heterocycles. The zero-order chi connectivity index (χ0) is 14.0. The maximum atomic E-state index is 11.1. The molecule has 0 aliphatic carbocycles. The Morgan fingerprint density at radius 1 is 0.947 bits per heavy atom. The van der Waals surface area contributed by atoms with Gasteiger partial charge in [-0.1, -0.05) is 18.2 Å². The van der Waals surface area contributed by atoms with E-state index >= 15 is 0 Å². The Bertz CT molecular complexity index is 699. The van der Waals surface area contributed by atoms with E-state index in [1.807, 2.05) is 6.07 Å². The lowest BCUT2D eigenvalue weighted by Gasteiger charge is -2.12. The number of para-hydroxylation sites is 1. The van der Waals surface area contributed by atoms with Gasteiger partial charge in [-0.25, -0.2) is 0 Å². The second kappa shape index (κ2) is 4.79. The van der Waals surface area contributed by atoms with E-state index in [0.29, 0.717) is 5.75 Å². The third-order valence-corrected chi connectivity index (χ3v) is 3.37. The lowest BCUT2D eigenvalue weighted by Crippen LogP contribution is -2.06. The molecular weight excluding hydrogens is 268 g/mol. The van der Waals surface area contributed by atoms with Crippen LogP contribution in [-0.4, -0.2) is 13.0 Å². The van der Waals surface area contributed by atoms with E-state index < -0.39 is 15.0 Å². The molecule has 0 aliphatic heterocycles. The van der Waals surface area contributed by atoms with Crippen molar-refractivity contribution in [1.29, 1.82) is 0 Å². The zero-order valence-electron chi connectivity index (χ0n) is 9.78. The Morgan fingerprint density at radius 3 is 2.16 bits per heavy atom. The summed E-state index contributed by atoms with van der Waals surface area (Å²) >= 11 is 0. The van der Waals surface area contributed by atoms with Crippen LogP contribution in [0.25, 0.3) is 0 Å². The van der Waals surface area contributed by atoms with Gasteiger partial charge in [0.1, 0.15) is 10.6 Å². The van der Waals surface area contributed by atoms with Crippen LogP contribution in [0.1, 0.15) is 0 Å². The van der Waals surface area contributed by atoms with Crippen molar-refractivity contribution in [2.75, 3.05) is 11.5 Å². The second-order valence-corrected chi connectivity index (χ2v) is 5.17. The summed E-state index contributed by atoms with van der Waals surface area (Å²) in [5.74, 6) is 0.754. The minimum atomic E-state index is -4.41. The molecule has 0 fully saturated rings. The van der Waals surface area contributed by atoms with E-state index in [-0.39, 0.29) is 17.1 Å². The molecule has 5 N–H and O–H groups in total. The summed E-state index contributed by atoms with van der Waals surface area (Å²) in [6.45, 7) is 0.